The van der Waals surface area contributed by atoms with Gasteiger partial charge in [0.1, 0.15) is 5.82 Å². The number of hydrogen-bond donors (Lipinski definition) is 2. The zero-order chi connectivity index (χ0) is 20.4. The number of rotatable bonds is 5. The third-order valence-electron chi connectivity index (χ3n) is 4.33. The molecule has 2 N–H and O–H groups in total. The molecule has 0 aliphatic rings. The van der Waals surface area contributed by atoms with Gasteiger partial charge in [-0.1, -0.05) is 17.2 Å². The van der Waals surface area contributed by atoms with Crippen molar-refractivity contribution in [2.75, 3.05) is 7.11 Å². The number of aromatic nitrogens is 4. The van der Waals surface area contributed by atoms with Gasteiger partial charge >= 0.3 is 0 Å². The average Bonchev–Trinajstić information content (AvgIpc) is 3.03. The fourth-order valence-electron chi connectivity index (χ4n) is 3.10. The van der Waals surface area contributed by atoms with Gasteiger partial charge in [-0.2, -0.15) is 5.10 Å². The largest absolute Gasteiger partial charge is 0.503 e. The summed E-state index contributed by atoms with van der Waals surface area (Å²) in [4.78, 5) is 21.1. The van der Waals surface area contributed by atoms with Gasteiger partial charge in [-0.05, 0) is 32.9 Å². The summed E-state index contributed by atoms with van der Waals surface area (Å²) in [7, 11) is 3.19. The van der Waals surface area contributed by atoms with Gasteiger partial charge in [0.15, 0.2) is 23.0 Å². The first-order chi connectivity index (χ1) is 13.3. The number of carbonyl (C=O) groups is 1. The number of hydrogen-bond acceptors (Lipinski definition) is 6. The lowest BCUT2D eigenvalue weighted by molar-refractivity contribution is 0.0929. The third kappa shape index (κ3) is 3.80. The van der Waals surface area contributed by atoms with Gasteiger partial charge in [-0.25, -0.2) is 9.97 Å². The molecule has 0 radical (unpaired) electrons. The van der Waals surface area contributed by atoms with Crippen molar-refractivity contribution in [1.82, 2.24) is 25.1 Å². The van der Waals surface area contributed by atoms with Crippen LogP contribution in [0.15, 0.2) is 30.5 Å². The summed E-state index contributed by atoms with van der Waals surface area (Å²) in [5.41, 5.74) is 3.07. The number of nitrogens with zero attached hydrogens (tertiary/aromatic N) is 4. The first-order valence-corrected chi connectivity index (χ1v) is 8.82. The van der Waals surface area contributed by atoms with Gasteiger partial charge in [-0.3, -0.25) is 9.48 Å². The van der Waals surface area contributed by atoms with Gasteiger partial charge in [0, 0.05) is 24.9 Å². The van der Waals surface area contributed by atoms with E-state index in [1.807, 2.05) is 26.0 Å². The first kappa shape index (κ1) is 19.3. The van der Waals surface area contributed by atoms with E-state index in [0.29, 0.717) is 11.6 Å². The van der Waals surface area contributed by atoms with Gasteiger partial charge in [0.25, 0.3) is 5.91 Å². The van der Waals surface area contributed by atoms with Gasteiger partial charge in [0.05, 0.1) is 13.2 Å². The molecule has 0 unspecified atom stereocenters. The Morgan fingerprint density at radius 1 is 1.25 bits per heavy atom. The molecule has 3 rings (SSSR count). The molecule has 1 atom stereocenters. The normalized spacial score (nSPS) is 11.9. The van der Waals surface area contributed by atoms with Crippen LogP contribution in [0.2, 0.25) is 0 Å². The van der Waals surface area contributed by atoms with E-state index in [1.54, 1.807) is 18.7 Å². The third-order valence-corrected chi connectivity index (χ3v) is 4.33. The molecule has 0 saturated carbocycles. The Balaban J connectivity index is 1.84. The van der Waals surface area contributed by atoms with E-state index in [2.05, 4.69) is 26.4 Å². The second kappa shape index (κ2) is 7.67. The molecule has 8 nitrogen and oxygen atoms in total. The minimum atomic E-state index is -0.528. The van der Waals surface area contributed by atoms with Gasteiger partial charge in [0.2, 0.25) is 0 Å². The number of aromatic hydroxyl groups is 1. The van der Waals surface area contributed by atoms with Crippen molar-refractivity contribution in [3.8, 4) is 22.9 Å². The van der Waals surface area contributed by atoms with Gasteiger partial charge in [-0.15, -0.1) is 0 Å². The van der Waals surface area contributed by atoms with E-state index in [4.69, 9.17) is 4.74 Å². The summed E-state index contributed by atoms with van der Waals surface area (Å²) >= 11 is 0. The molecule has 2 aromatic heterocycles. The van der Waals surface area contributed by atoms with Crippen molar-refractivity contribution < 1.29 is 14.6 Å². The minimum absolute atomic E-state index is 0.108. The number of methoxy groups -OCH3 is 1. The average molecular weight is 381 g/mol. The van der Waals surface area contributed by atoms with E-state index in [9.17, 15) is 9.90 Å². The molecule has 28 heavy (non-hydrogen) atoms. The summed E-state index contributed by atoms with van der Waals surface area (Å²) in [6.45, 7) is 5.85. The molecular weight excluding hydrogens is 358 g/mol. The number of nitrogens with one attached hydrogen (secondary N) is 1. The monoisotopic (exact) mass is 381 g/mol. The number of carbonyl (C=O) groups excluding carboxylic acids is 1. The SMILES string of the molecule is COc1ccnc(C(=O)N[C@@H](C)c2nc(-c3cc(C)cc(C)c3)nn2C)c1O. The molecule has 0 aliphatic carbocycles. The van der Waals surface area contributed by atoms with Crippen LogP contribution in [-0.4, -0.2) is 37.9 Å². The second-order valence-electron chi connectivity index (χ2n) is 6.70. The highest BCUT2D eigenvalue weighted by molar-refractivity contribution is 5.95. The summed E-state index contributed by atoms with van der Waals surface area (Å²) in [5, 5.41) is 17.4. The number of benzene rings is 1. The molecule has 0 spiro atoms. The maximum absolute atomic E-state index is 12.5. The Kier molecular flexibility index (Phi) is 5.30. The summed E-state index contributed by atoms with van der Waals surface area (Å²) in [5.74, 6) is 0.532. The fraction of sp³-hybridized carbons (Fsp3) is 0.300. The second-order valence-corrected chi connectivity index (χ2v) is 6.70. The maximum Gasteiger partial charge on any atom is 0.274 e. The van der Waals surface area contributed by atoms with Crippen LogP contribution in [0.25, 0.3) is 11.4 Å². The summed E-state index contributed by atoms with van der Waals surface area (Å²) < 4.78 is 6.66. The van der Waals surface area contributed by atoms with E-state index in [1.165, 1.54) is 19.4 Å². The first-order valence-electron chi connectivity index (χ1n) is 8.82. The Bertz CT molecular complexity index is 1010. The van der Waals surface area contributed by atoms with Crippen LogP contribution in [0.5, 0.6) is 11.5 Å². The quantitative estimate of drug-likeness (QED) is 0.704. The molecular formula is C20H23N5O3. The Morgan fingerprint density at radius 3 is 2.57 bits per heavy atom. The zero-order valence-corrected chi connectivity index (χ0v) is 16.5. The molecule has 8 heteroatoms. The van der Waals surface area contributed by atoms with Crippen molar-refractivity contribution in [2.24, 2.45) is 7.05 Å². The molecule has 3 aromatic rings. The predicted octanol–water partition coefficient (Wildman–Crippen LogP) is 2.70. The Hall–Kier alpha value is -3.42. The summed E-state index contributed by atoms with van der Waals surface area (Å²) in [6, 6.07) is 7.16. The van der Waals surface area contributed by atoms with Crippen molar-refractivity contribution in [1.29, 1.82) is 0 Å². The summed E-state index contributed by atoms with van der Waals surface area (Å²) in [6.07, 6.45) is 1.40. The van der Waals surface area contributed by atoms with E-state index in [-0.39, 0.29) is 17.2 Å². The van der Waals surface area contributed by atoms with E-state index < -0.39 is 11.9 Å². The van der Waals surface area contributed by atoms with Crippen LogP contribution in [0, 0.1) is 13.8 Å². The molecule has 0 aliphatic heterocycles. The highest BCUT2D eigenvalue weighted by Gasteiger charge is 2.22. The van der Waals surface area contributed by atoms with Crippen LogP contribution >= 0.6 is 0 Å². The molecule has 1 aromatic carbocycles. The Morgan fingerprint density at radius 2 is 1.93 bits per heavy atom. The fourth-order valence-corrected chi connectivity index (χ4v) is 3.10. The minimum Gasteiger partial charge on any atom is -0.503 e. The van der Waals surface area contributed by atoms with Crippen molar-refractivity contribution in [3.63, 3.8) is 0 Å². The lowest BCUT2D eigenvalue weighted by Gasteiger charge is -2.13. The molecule has 0 bridgehead atoms. The van der Waals surface area contributed by atoms with Crippen LogP contribution < -0.4 is 10.1 Å². The van der Waals surface area contributed by atoms with E-state index in [0.717, 1.165) is 16.7 Å². The number of pyridine rings is 1. The predicted molar refractivity (Wildman–Crippen MR) is 104 cm³/mol. The maximum atomic E-state index is 12.5. The highest BCUT2D eigenvalue weighted by atomic mass is 16.5. The zero-order valence-electron chi connectivity index (χ0n) is 16.5. The standard InChI is InChI=1S/C20H23N5O3/c1-11-8-12(2)10-14(9-11)18-23-19(25(4)24-18)13(3)22-20(27)16-17(26)15(28-5)6-7-21-16/h6-10,13,26H,1-5H3,(H,22,27)/t13-/m0/s1. The lowest BCUT2D eigenvalue weighted by Crippen LogP contribution is -2.29. The topological polar surface area (TPSA) is 102 Å². The molecule has 2 heterocycles. The van der Waals surface area contributed by atoms with Crippen LogP contribution in [0.4, 0.5) is 0 Å². The van der Waals surface area contributed by atoms with E-state index >= 15 is 0 Å². The van der Waals surface area contributed by atoms with Crippen molar-refractivity contribution in [2.45, 2.75) is 26.8 Å². The highest BCUT2D eigenvalue weighted by Crippen LogP contribution is 2.28. The molecule has 1 amide bonds. The van der Waals surface area contributed by atoms with Crippen LogP contribution in [0.3, 0.4) is 0 Å². The Labute approximate surface area is 163 Å². The number of aryl methyl sites for hydroxylation is 3. The molecule has 0 fully saturated rings. The molecule has 146 valence electrons. The van der Waals surface area contributed by atoms with Crippen LogP contribution in [0.1, 0.15) is 40.4 Å². The van der Waals surface area contributed by atoms with Crippen molar-refractivity contribution in [3.05, 3.63) is 53.1 Å². The van der Waals surface area contributed by atoms with Gasteiger partial charge < -0.3 is 15.2 Å². The lowest BCUT2D eigenvalue weighted by atomic mass is 10.1. The number of ether oxygens (including phenoxy) is 1. The smallest absolute Gasteiger partial charge is 0.274 e. The van der Waals surface area contributed by atoms with Crippen molar-refractivity contribution >= 4 is 5.91 Å². The van der Waals surface area contributed by atoms with Crippen LogP contribution in [-0.2, 0) is 7.05 Å². The number of amides is 1. The molecule has 0 saturated heterocycles.